The Morgan fingerprint density at radius 1 is 0.654 bits per heavy atom. The molecule has 6 heteroatoms. The summed E-state index contributed by atoms with van der Waals surface area (Å²) in [5.74, 6) is 3.92. The van der Waals surface area contributed by atoms with Crippen molar-refractivity contribution in [2.24, 2.45) is 0 Å². The number of fused-ring (bicyclic) bond motifs is 2. The number of rotatable bonds is 0. The first-order valence-electron chi connectivity index (χ1n) is 9.13. The molecule has 0 aliphatic carbocycles. The van der Waals surface area contributed by atoms with Gasteiger partial charge in [-0.3, -0.25) is 0 Å². The molecule has 5 nitrogen and oxygen atoms in total. The van der Waals surface area contributed by atoms with Gasteiger partial charge in [-0.2, -0.15) is 11.8 Å². The van der Waals surface area contributed by atoms with E-state index in [2.05, 4.69) is 28.1 Å². The van der Waals surface area contributed by atoms with Crippen molar-refractivity contribution >= 4 is 23.1 Å². The lowest BCUT2D eigenvalue weighted by Gasteiger charge is -2.15. The van der Waals surface area contributed by atoms with E-state index in [1.165, 1.54) is 0 Å². The van der Waals surface area contributed by atoms with Crippen LogP contribution in [-0.4, -0.2) is 50.9 Å². The lowest BCUT2D eigenvalue weighted by atomic mass is 10.3. The summed E-state index contributed by atoms with van der Waals surface area (Å²) in [7, 11) is 0. The molecular formula is C20H27N3O2S. The SMILES string of the molecule is c1ccc2c(c1)NCCSCCNc1ccccc1OCCNCCO2. The van der Waals surface area contributed by atoms with Crippen LogP contribution in [0.1, 0.15) is 0 Å². The first-order chi connectivity index (χ1) is 12.9. The molecule has 0 amide bonds. The Hall–Kier alpha value is -2.05. The van der Waals surface area contributed by atoms with E-state index in [9.17, 15) is 0 Å². The third kappa shape index (κ3) is 6.04. The zero-order chi connectivity index (χ0) is 17.9. The summed E-state index contributed by atoms with van der Waals surface area (Å²) >= 11 is 1.93. The molecular weight excluding hydrogens is 346 g/mol. The molecule has 26 heavy (non-hydrogen) atoms. The van der Waals surface area contributed by atoms with Gasteiger partial charge in [0.05, 0.1) is 11.4 Å². The zero-order valence-electron chi connectivity index (χ0n) is 15.0. The maximum absolute atomic E-state index is 5.91. The summed E-state index contributed by atoms with van der Waals surface area (Å²) < 4.78 is 11.8. The number of nitrogens with one attached hydrogen (secondary N) is 3. The highest BCUT2D eigenvalue weighted by atomic mass is 32.2. The van der Waals surface area contributed by atoms with Gasteiger partial charge in [-0.1, -0.05) is 24.3 Å². The van der Waals surface area contributed by atoms with Gasteiger partial charge in [-0.25, -0.2) is 0 Å². The fourth-order valence-electron chi connectivity index (χ4n) is 2.69. The van der Waals surface area contributed by atoms with Crippen LogP contribution in [0.3, 0.4) is 0 Å². The second kappa shape index (κ2) is 10.8. The maximum atomic E-state index is 5.91. The van der Waals surface area contributed by atoms with Crippen LogP contribution in [0.15, 0.2) is 48.5 Å². The number of ether oxygens (including phenoxy) is 2. The van der Waals surface area contributed by atoms with Crippen LogP contribution in [0.4, 0.5) is 11.4 Å². The molecule has 1 aliphatic heterocycles. The molecule has 0 aromatic heterocycles. The van der Waals surface area contributed by atoms with Gasteiger partial charge in [0.1, 0.15) is 24.7 Å². The molecule has 0 bridgehead atoms. The average molecular weight is 374 g/mol. The predicted octanol–water partition coefficient (Wildman–Crippen LogP) is 3.30. The minimum Gasteiger partial charge on any atom is -0.490 e. The van der Waals surface area contributed by atoms with Crippen LogP contribution in [0.25, 0.3) is 0 Å². The molecule has 2 aromatic carbocycles. The average Bonchev–Trinajstić information content (AvgIpc) is 2.68. The van der Waals surface area contributed by atoms with Crippen molar-refractivity contribution in [2.75, 3.05) is 61.5 Å². The largest absolute Gasteiger partial charge is 0.490 e. The fourth-order valence-corrected chi connectivity index (χ4v) is 3.38. The summed E-state index contributed by atoms with van der Waals surface area (Å²) in [4.78, 5) is 0. The number of para-hydroxylation sites is 4. The molecule has 0 spiro atoms. The highest BCUT2D eigenvalue weighted by Crippen LogP contribution is 2.24. The predicted molar refractivity (Wildman–Crippen MR) is 111 cm³/mol. The third-order valence-electron chi connectivity index (χ3n) is 3.97. The lowest BCUT2D eigenvalue weighted by Crippen LogP contribution is -2.26. The Bertz CT molecular complexity index is 558. The van der Waals surface area contributed by atoms with Crippen LogP contribution in [0.5, 0.6) is 11.5 Å². The quantitative estimate of drug-likeness (QED) is 0.659. The number of anilines is 2. The molecule has 1 heterocycles. The van der Waals surface area contributed by atoms with E-state index in [1.807, 2.05) is 48.2 Å². The molecule has 0 radical (unpaired) electrons. The molecule has 2 aromatic rings. The van der Waals surface area contributed by atoms with Crippen LogP contribution >= 0.6 is 11.8 Å². The fraction of sp³-hybridized carbons (Fsp3) is 0.400. The normalized spacial score (nSPS) is 16.9. The zero-order valence-corrected chi connectivity index (χ0v) is 15.8. The van der Waals surface area contributed by atoms with Crippen molar-refractivity contribution in [1.29, 1.82) is 0 Å². The van der Waals surface area contributed by atoms with Gasteiger partial charge >= 0.3 is 0 Å². The van der Waals surface area contributed by atoms with Crippen LogP contribution < -0.4 is 25.4 Å². The second-order valence-corrected chi connectivity index (χ2v) is 7.13. The van der Waals surface area contributed by atoms with E-state index in [0.29, 0.717) is 13.2 Å². The minimum absolute atomic E-state index is 0.631. The van der Waals surface area contributed by atoms with E-state index >= 15 is 0 Å². The van der Waals surface area contributed by atoms with Crippen molar-refractivity contribution in [2.45, 2.75) is 0 Å². The van der Waals surface area contributed by atoms with E-state index in [0.717, 1.165) is 60.6 Å². The van der Waals surface area contributed by atoms with E-state index < -0.39 is 0 Å². The van der Waals surface area contributed by atoms with E-state index in [4.69, 9.17) is 9.47 Å². The third-order valence-corrected chi connectivity index (χ3v) is 4.96. The van der Waals surface area contributed by atoms with Crippen molar-refractivity contribution in [3.8, 4) is 11.5 Å². The topological polar surface area (TPSA) is 54.5 Å². The molecule has 3 N–H and O–H groups in total. The van der Waals surface area contributed by atoms with Gasteiger partial charge in [-0.15, -0.1) is 0 Å². The van der Waals surface area contributed by atoms with Crippen LogP contribution in [0, 0.1) is 0 Å². The van der Waals surface area contributed by atoms with Gasteiger partial charge in [-0.05, 0) is 24.3 Å². The number of hydrogen-bond acceptors (Lipinski definition) is 6. The second-order valence-electron chi connectivity index (χ2n) is 5.91. The van der Waals surface area contributed by atoms with Crippen LogP contribution in [-0.2, 0) is 0 Å². The van der Waals surface area contributed by atoms with Crippen molar-refractivity contribution in [1.82, 2.24) is 5.32 Å². The highest BCUT2D eigenvalue weighted by Gasteiger charge is 2.04. The van der Waals surface area contributed by atoms with Gasteiger partial charge in [0.15, 0.2) is 0 Å². The monoisotopic (exact) mass is 373 g/mol. The summed E-state index contributed by atoms with van der Waals surface area (Å²) in [5.41, 5.74) is 2.12. The van der Waals surface area contributed by atoms with E-state index in [1.54, 1.807) is 0 Å². The Labute approximate surface area is 159 Å². The number of hydrogen-bond donors (Lipinski definition) is 3. The van der Waals surface area contributed by atoms with E-state index in [-0.39, 0.29) is 0 Å². The van der Waals surface area contributed by atoms with Gasteiger partial charge in [0.25, 0.3) is 0 Å². The Morgan fingerprint density at radius 3 is 1.69 bits per heavy atom. The van der Waals surface area contributed by atoms with Crippen molar-refractivity contribution < 1.29 is 9.47 Å². The molecule has 1 aliphatic rings. The molecule has 0 fully saturated rings. The van der Waals surface area contributed by atoms with Gasteiger partial charge in [0, 0.05) is 37.7 Å². The Morgan fingerprint density at radius 2 is 1.15 bits per heavy atom. The molecule has 0 atom stereocenters. The van der Waals surface area contributed by atoms with Gasteiger partial charge in [0.2, 0.25) is 0 Å². The lowest BCUT2D eigenvalue weighted by molar-refractivity contribution is 0.290. The molecule has 0 saturated heterocycles. The van der Waals surface area contributed by atoms with Crippen molar-refractivity contribution in [3.05, 3.63) is 48.5 Å². The standard InChI is InChI=1S/C20H27N3O2S/c1-3-7-19-17(5-1)22-11-15-26-16-12-23-18-6-2-4-8-20(18)25-14-10-21-9-13-24-19/h1-8,21-23H,9-16H2. The molecule has 3 rings (SSSR count). The number of benzene rings is 2. The summed E-state index contributed by atoms with van der Waals surface area (Å²) in [6.45, 7) is 4.67. The minimum atomic E-state index is 0.631. The first-order valence-corrected chi connectivity index (χ1v) is 10.3. The molecule has 140 valence electrons. The molecule has 0 saturated carbocycles. The Balaban J connectivity index is 1.56. The van der Waals surface area contributed by atoms with Crippen LogP contribution in [0.2, 0.25) is 0 Å². The maximum Gasteiger partial charge on any atom is 0.142 e. The van der Waals surface area contributed by atoms with Gasteiger partial charge < -0.3 is 25.4 Å². The highest BCUT2D eigenvalue weighted by molar-refractivity contribution is 7.99. The Kier molecular flexibility index (Phi) is 7.80. The molecule has 0 unspecified atom stereocenters. The summed E-state index contributed by atoms with van der Waals surface area (Å²) in [6, 6.07) is 16.2. The smallest absolute Gasteiger partial charge is 0.142 e. The van der Waals surface area contributed by atoms with Crippen molar-refractivity contribution in [3.63, 3.8) is 0 Å². The summed E-state index contributed by atoms with van der Waals surface area (Å²) in [5, 5.41) is 10.3. The summed E-state index contributed by atoms with van der Waals surface area (Å²) in [6.07, 6.45) is 0. The first kappa shape index (κ1) is 18.7. The number of thioether (sulfide) groups is 1.